The monoisotopic (exact) mass is 234 g/mol. The molecule has 0 aromatic heterocycles. The van der Waals surface area contributed by atoms with E-state index in [4.69, 9.17) is 5.73 Å². The highest BCUT2D eigenvalue weighted by atomic mass is 15.1. The summed E-state index contributed by atoms with van der Waals surface area (Å²) in [6.45, 7) is 6.60. The van der Waals surface area contributed by atoms with Crippen molar-refractivity contribution in [3.63, 3.8) is 0 Å². The van der Waals surface area contributed by atoms with E-state index in [2.05, 4.69) is 64.0 Å². The second-order valence-corrected chi connectivity index (χ2v) is 6.07. The summed E-state index contributed by atoms with van der Waals surface area (Å²) < 4.78 is 0. The molecule has 0 heterocycles. The van der Waals surface area contributed by atoms with Crippen LogP contribution in [0.3, 0.4) is 0 Å². The van der Waals surface area contributed by atoms with Crippen LogP contribution in [-0.4, -0.2) is 20.1 Å². The van der Waals surface area contributed by atoms with Crippen LogP contribution in [0.2, 0.25) is 0 Å². The van der Waals surface area contributed by atoms with Gasteiger partial charge in [-0.3, -0.25) is 0 Å². The molecule has 0 spiro atoms. The standard InChI is InChI=1S/C15H26N2/c1-15(2,3)14(16)11-8-12-6-9-13(10-7-12)17(4)5/h6-7,9-10,14H,8,11,16H2,1-5H3. The van der Waals surface area contributed by atoms with Crippen LogP contribution in [0.5, 0.6) is 0 Å². The van der Waals surface area contributed by atoms with E-state index in [1.54, 1.807) is 0 Å². The summed E-state index contributed by atoms with van der Waals surface area (Å²) in [6.07, 6.45) is 2.11. The van der Waals surface area contributed by atoms with Gasteiger partial charge in [0.1, 0.15) is 0 Å². The van der Waals surface area contributed by atoms with E-state index in [1.807, 2.05) is 0 Å². The van der Waals surface area contributed by atoms with Crippen molar-refractivity contribution in [2.24, 2.45) is 11.1 Å². The third kappa shape index (κ3) is 4.39. The number of benzene rings is 1. The largest absolute Gasteiger partial charge is 0.378 e. The third-order valence-corrected chi connectivity index (χ3v) is 3.31. The molecule has 2 heteroatoms. The van der Waals surface area contributed by atoms with Crippen molar-refractivity contribution in [2.75, 3.05) is 19.0 Å². The molecule has 1 rings (SSSR count). The van der Waals surface area contributed by atoms with Crippen molar-refractivity contribution in [3.8, 4) is 0 Å². The van der Waals surface area contributed by atoms with Crippen LogP contribution < -0.4 is 10.6 Å². The van der Waals surface area contributed by atoms with Crippen LogP contribution in [0.4, 0.5) is 5.69 Å². The first kappa shape index (κ1) is 14.0. The molecule has 0 amide bonds. The lowest BCUT2D eigenvalue weighted by Crippen LogP contribution is -2.35. The van der Waals surface area contributed by atoms with Crippen LogP contribution in [-0.2, 0) is 6.42 Å². The third-order valence-electron chi connectivity index (χ3n) is 3.31. The molecule has 0 aliphatic heterocycles. The molecule has 17 heavy (non-hydrogen) atoms. The summed E-state index contributed by atoms with van der Waals surface area (Å²) in [5.74, 6) is 0. The molecule has 0 radical (unpaired) electrons. The number of hydrogen-bond donors (Lipinski definition) is 1. The molecule has 1 unspecified atom stereocenters. The molecule has 0 fully saturated rings. The van der Waals surface area contributed by atoms with E-state index >= 15 is 0 Å². The van der Waals surface area contributed by atoms with E-state index in [0.717, 1.165) is 12.8 Å². The first-order chi connectivity index (χ1) is 7.80. The highest BCUT2D eigenvalue weighted by Crippen LogP contribution is 2.21. The molecule has 2 N–H and O–H groups in total. The lowest BCUT2D eigenvalue weighted by molar-refractivity contribution is 0.306. The van der Waals surface area contributed by atoms with Gasteiger partial charge in [0, 0.05) is 25.8 Å². The Hall–Kier alpha value is -1.02. The van der Waals surface area contributed by atoms with Gasteiger partial charge in [-0.25, -0.2) is 0 Å². The predicted octanol–water partition coefficient (Wildman–Crippen LogP) is 3.06. The van der Waals surface area contributed by atoms with Gasteiger partial charge < -0.3 is 10.6 Å². The smallest absolute Gasteiger partial charge is 0.0361 e. The number of rotatable bonds is 4. The quantitative estimate of drug-likeness (QED) is 0.867. The first-order valence-electron chi connectivity index (χ1n) is 6.32. The summed E-state index contributed by atoms with van der Waals surface area (Å²) in [5.41, 5.74) is 8.98. The first-order valence-corrected chi connectivity index (χ1v) is 6.32. The van der Waals surface area contributed by atoms with Gasteiger partial charge in [-0.15, -0.1) is 0 Å². The lowest BCUT2D eigenvalue weighted by atomic mass is 9.84. The summed E-state index contributed by atoms with van der Waals surface area (Å²) in [7, 11) is 4.12. The molecular formula is C15H26N2. The van der Waals surface area contributed by atoms with Gasteiger partial charge in [0.2, 0.25) is 0 Å². The van der Waals surface area contributed by atoms with Crippen molar-refractivity contribution >= 4 is 5.69 Å². The molecule has 0 saturated heterocycles. The average molecular weight is 234 g/mol. The minimum absolute atomic E-state index is 0.198. The maximum Gasteiger partial charge on any atom is 0.0361 e. The fourth-order valence-corrected chi connectivity index (χ4v) is 1.72. The van der Waals surface area contributed by atoms with Crippen LogP contribution in [0.1, 0.15) is 32.8 Å². The van der Waals surface area contributed by atoms with E-state index in [1.165, 1.54) is 11.3 Å². The maximum absolute atomic E-state index is 6.17. The fourth-order valence-electron chi connectivity index (χ4n) is 1.72. The summed E-state index contributed by atoms with van der Waals surface area (Å²) in [5, 5.41) is 0. The van der Waals surface area contributed by atoms with E-state index < -0.39 is 0 Å². The van der Waals surface area contributed by atoms with E-state index in [9.17, 15) is 0 Å². The minimum atomic E-state index is 0.198. The highest BCUT2D eigenvalue weighted by molar-refractivity contribution is 5.45. The van der Waals surface area contributed by atoms with Crippen LogP contribution >= 0.6 is 0 Å². The van der Waals surface area contributed by atoms with Crippen molar-refractivity contribution in [1.82, 2.24) is 0 Å². The molecule has 0 aliphatic rings. The molecule has 1 aromatic rings. The van der Waals surface area contributed by atoms with Crippen molar-refractivity contribution in [1.29, 1.82) is 0 Å². The minimum Gasteiger partial charge on any atom is -0.378 e. The van der Waals surface area contributed by atoms with Gasteiger partial charge in [0.05, 0.1) is 0 Å². The molecule has 0 aliphatic carbocycles. The second-order valence-electron chi connectivity index (χ2n) is 6.07. The van der Waals surface area contributed by atoms with Crippen LogP contribution in [0.25, 0.3) is 0 Å². The summed E-state index contributed by atoms with van der Waals surface area (Å²) >= 11 is 0. The van der Waals surface area contributed by atoms with Gasteiger partial charge in [-0.1, -0.05) is 32.9 Å². The highest BCUT2D eigenvalue weighted by Gasteiger charge is 2.19. The Balaban J connectivity index is 2.53. The van der Waals surface area contributed by atoms with Gasteiger partial charge in [-0.2, -0.15) is 0 Å². The number of aryl methyl sites for hydroxylation is 1. The van der Waals surface area contributed by atoms with Crippen molar-refractivity contribution in [2.45, 2.75) is 39.7 Å². The predicted molar refractivity (Wildman–Crippen MR) is 76.5 cm³/mol. The molecule has 2 nitrogen and oxygen atoms in total. The normalized spacial score (nSPS) is 13.5. The maximum atomic E-state index is 6.17. The van der Waals surface area contributed by atoms with E-state index in [-0.39, 0.29) is 11.5 Å². The Kier molecular flexibility index (Phi) is 4.58. The molecule has 1 aromatic carbocycles. The number of anilines is 1. The molecular weight excluding hydrogens is 208 g/mol. The number of nitrogens with two attached hydrogens (primary N) is 1. The number of nitrogens with zero attached hydrogens (tertiary/aromatic N) is 1. The molecule has 1 atom stereocenters. The SMILES string of the molecule is CN(C)c1ccc(CCC(N)C(C)(C)C)cc1. The summed E-state index contributed by atoms with van der Waals surface area (Å²) in [6, 6.07) is 8.99. The van der Waals surface area contributed by atoms with Crippen LogP contribution in [0, 0.1) is 5.41 Å². The Morgan fingerprint density at radius 3 is 2.06 bits per heavy atom. The lowest BCUT2D eigenvalue weighted by Gasteiger charge is -2.27. The Morgan fingerprint density at radius 2 is 1.65 bits per heavy atom. The Morgan fingerprint density at radius 1 is 1.12 bits per heavy atom. The van der Waals surface area contributed by atoms with Gasteiger partial charge in [-0.05, 0) is 36.0 Å². The van der Waals surface area contributed by atoms with Crippen LogP contribution in [0.15, 0.2) is 24.3 Å². The average Bonchev–Trinajstić information content (AvgIpc) is 2.25. The Bertz CT molecular complexity index is 333. The van der Waals surface area contributed by atoms with Crippen molar-refractivity contribution < 1.29 is 0 Å². The van der Waals surface area contributed by atoms with Gasteiger partial charge in [0.25, 0.3) is 0 Å². The zero-order valence-electron chi connectivity index (χ0n) is 11.8. The van der Waals surface area contributed by atoms with Gasteiger partial charge in [0.15, 0.2) is 0 Å². The fraction of sp³-hybridized carbons (Fsp3) is 0.600. The number of hydrogen-bond acceptors (Lipinski definition) is 2. The molecule has 0 bridgehead atoms. The topological polar surface area (TPSA) is 29.3 Å². The van der Waals surface area contributed by atoms with E-state index in [0.29, 0.717) is 0 Å². The van der Waals surface area contributed by atoms with Crippen molar-refractivity contribution in [3.05, 3.63) is 29.8 Å². The molecule has 0 saturated carbocycles. The zero-order chi connectivity index (χ0) is 13.1. The zero-order valence-corrected chi connectivity index (χ0v) is 11.8. The Labute approximate surface area is 106 Å². The second kappa shape index (κ2) is 5.54. The van der Waals surface area contributed by atoms with Gasteiger partial charge >= 0.3 is 0 Å². The summed E-state index contributed by atoms with van der Waals surface area (Å²) in [4.78, 5) is 2.12. The molecule has 96 valence electrons.